The Morgan fingerprint density at radius 3 is 3.11 bits per heavy atom. The van der Waals surface area contributed by atoms with Crippen LogP contribution in [0, 0.1) is 5.41 Å². The maximum Gasteiger partial charge on any atom is 0.244 e. The number of nitrogens with two attached hydrogens (primary N) is 1. The Labute approximate surface area is 108 Å². The van der Waals surface area contributed by atoms with Crippen LogP contribution in [0.25, 0.3) is 0 Å². The standard InChI is InChI=1S/C12H23N5O/c1-12(8-13)5-3-6-17(9-12)11-14-10(15-16-11)4-7-18-2/h3-9,13H2,1-2H3,(H,14,15,16). The molecular formula is C12H23N5O. The van der Waals surface area contributed by atoms with E-state index in [2.05, 4.69) is 27.0 Å². The van der Waals surface area contributed by atoms with Gasteiger partial charge < -0.3 is 15.4 Å². The van der Waals surface area contributed by atoms with E-state index < -0.39 is 0 Å². The van der Waals surface area contributed by atoms with Crippen LogP contribution >= 0.6 is 0 Å². The van der Waals surface area contributed by atoms with Crippen LogP contribution in [0.2, 0.25) is 0 Å². The lowest BCUT2D eigenvalue weighted by atomic mass is 9.82. The Kier molecular flexibility index (Phi) is 4.19. The third-order valence-electron chi connectivity index (χ3n) is 3.62. The molecule has 1 fully saturated rings. The predicted octanol–water partition coefficient (Wildman–Crippen LogP) is 0.559. The van der Waals surface area contributed by atoms with Crippen LogP contribution in [0.1, 0.15) is 25.6 Å². The fraction of sp³-hybridized carbons (Fsp3) is 0.833. The highest BCUT2D eigenvalue weighted by molar-refractivity contribution is 5.30. The molecule has 1 aliphatic rings. The number of aromatic amines is 1. The Morgan fingerprint density at radius 2 is 2.39 bits per heavy atom. The van der Waals surface area contributed by atoms with Crippen LogP contribution in [0.4, 0.5) is 5.95 Å². The van der Waals surface area contributed by atoms with Crippen LogP contribution < -0.4 is 10.6 Å². The molecule has 1 aliphatic heterocycles. The molecule has 0 aromatic carbocycles. The summed E-state index contributed by atoms with van der Waals surface area (Å²) in [6.07, 6.45) is 3.10. The molecule has 1 aromatic rings. The van der Waals surface area contributed by atoms with Crippen molar-refractivity contribution in [2.75, 3.05) is 38.3 Å². The highest BCUT2D eigenvalue weighted by Gasteiger charge is 2.31. The quantitative estimate of drug-likeness (QED) is 0.801. The number of anilines is 1. The molecule has 0 amide bonds. The van der Waals surface area contributed by atoms with Crippen molar-refractivity contribution in [2.24, 2.45) is 11.1 Å². The molecule has 3 N–H and O–H groups in total. The molecule has 1 saturated heterocycles. The minimum atomic E-state index is 0.186. The number of nitrogens with one attached hydrogen (secondary N) is 1. The first-order chi connectivity index (χ1) is 8.67. The Balaban J connectivity index is 2.00. The average Bonchev–Trinajstić information content (AvgIpc) is 2.85. The molecule has 0 spiro atoms. The van der Waals surface area contributed by atoms with E-state index >= 15 is 0 Å². The fourth-order valence-corrected chi connectivity index (χ4v) is 2.39. The van der Waals surface area contributed by atoms with Crippen LogP contribution in [-0.4, -0.2) is 48.5 Å². The summed E-state index contributed by atoms with van der Waals surface area (Å²) in [4.78, 5) is 6.74. The molecule has 6 heteroatoms. The van der Waals surface area contributed by atoms with E-state index in [9.17, 15) is 0 Å². The number of piperidine rings is 1. The predicted molar refractivity (Wildman–Crippen MR) is 70.6 cm³/mol. The number of aromatic nitrogens is 3. The molecule has 2 heterocycles. The fourth-order valence-electron chi connectivity index (χ4n) is 2.39. The van der Waals surface area contributed by atoms with Gasteiger partial charge in [0, 0.05) is 26.6 Å². The molecule has 1 aromatic heterocycles. The summed E-state index contributed by atoms with van der Waals surface area (Å²) in [5.41, 5.74) is 6.04. The summed E-state index contributed by atoms with van der Waals surface area (Å²) in [6.45, 7) is 5.56. The minimum absolute atomic E-state index is 0.186. The second-order valence-electron chi connectivity index (χ2n) is 5.36. The first-order valence-corrected chi connectivity index (χ1v) is 6.52. The van der Waals surface area contributed by atoms with Gasteiger partial charge >= 0.3 is 0 Å². The van der Waals surface area contributed by atoms with Crippen molar-refractivity contribution in [1.29, 1.82) is 0 Å². The molecule has 1 unspecified atom stereocenters. The first kappa shape index (κ1) is 13.3. The molecule has 0 radical (unpaired) electrons. The third-order valence-corrected chi connectivity index (χ3v) is 3.62. The van der Waals surface area contributed by atoms with E-state index in [1.54, 1.807) is 7.11 Å². The van der Waals surface area contributed by atoms with E-state index in [4.69, 9.17) is 10.5 Å². The van der Waals surface area contributed by atoms with E-state index in [-0.39, 0.29) is 5.41 Å². The van der Waals surface area contributed by atoms with E-state index in [1.807, 2.05) is 0 Å². The van der Waals surface area contributed by atoms with Gasteiger partial charge in [0.25, 0.3) is 0 Å². The summed E-state index contributed by atoms with van der Waals surface area (Å²) >= 11 is 0. The topological polar surface area (TPSA) is 80.1 Å². The minimum Gasteiger partial charge on any atom is -0.384 e. The first-order valence-electron chi connectivity index (χ1n) is 6.52. The van der Waals surface area contributed by atoms with Crippen molar-refractivity contribution in [3.8, 4) is 0 Å². The van der Waals surface area contributed by atoms with Crippen LogP contribution in [0.15, 0.2) is 0 Å². The lowest BCUT2D eigenvalue weighted by Gasteiger charge is -2.39. The molecule has 2 rings (SSSR count). The summed E-state index contributed by atoms with van der Waals surface area (Å²) in [5, 5.41) is 7.26. The zero-order valence-corrected chi connectivity index (χ0v) is 11.3. The molecule has 0 bridgehead atoms. The molecule has 0 aliphatic carbocycles. The Bertz CT molecular complexity index is 380. The van der Waals surface area contributed by atoms with Gasteiger partial charge in [0.1, 0.15) is 5.82 Å². The normalized spacial score (nSPS) is 24.5. The summed E-state index contributed by atoms with van der Waals surface area (Å²) in [6, 6.07) is 0. The number of ether oxygens (including phenoxy) is 1. The van der Waals surface area contributed by atoms with Crippen LogP contribution in [0.5, 0.6) is 0 Å². The zero-order valence-electron chi connectivity index (χ0n) is 11.3. The van der Waals surface area contributed by atoms with Gasteiger partial charge in [0.15, 0.2) is 0 Å². The zero-order chi connectivity index (χ0) is 13.0. The average molecular weight is 253 g/mol. The van der Waals surface area contributed by atoms with Gasteiger partial charge in [-0.25, -0.2) is 0 Å². The van der Waals surface area contributed by atoms with Crippen molar-refractivity contribution in [2.45, 2.75) is 26.2 Å². The van der Waals surface area contributed by atoms with Gasteiger partial charge in [-0.1, -0.05) is 6.92 Å². The van der Waals surface area contributed by atoms with Gasteiger partial charge in [-0.2, -0.15) is 4.98 Å². The Hall–Kier alpha value is -1.14. The van der Waals surface area contributed by atoms with Crippen molar-refractivity contribution in [3.63, 3.8) is 0 Å². The van der Waals surface area contributed by atoms with Gasteiger partial charge in [-0.15, -0.1) is 5.10 Å². The number of rotatable bonds is 5. The molecular weight excluding hydrogens is 230 g/mol. The second-order valence-corrected chi connectivity index (χ2v) is 5.36. The van der Waals surface area contributed by atoms with E-state index in [1.165, 1.54) is 6.42 Å². The molecule has 0 saturated carbocycles. The maximum absolute atomic E-state index is 5.86. The largest absolute Gasteiger partial charge is 0.384 e. The SMILES string of the molecule is COCCc1nc(N2CCCC(C)(CN)C2)n[nH]1. The summed E-state index contributed by atoms with van der Waals surface area (Å²) < 4.78 is 5.03. The van der Waals surface area contributed by atoms with Gasteiger partial charge in [0.05, 0.1) is 6.61 Å². The van der Waals surface area contributed by atoms with Gasteiger partial charge in [0.2, 0.25) is 5.95 Å². The van der Waals surface area contributed by atoms with Crippen molar-refractivity contribution in [1.82, 2.24) is 15.2 Å². The highest BCUT2D eigenvalue weighted by Crippen LogP contribution is 2.29. The van der Waals surface area contributed by atoms with E-state index in [0.717, 1.165) is 37.7 Å². The van der Waals surface area contributed by atoms with Crippen LogP contribution in [0.3, 0.4) is 0 Å². The number of H-pyrrole nitrogens is 1. The maximum atomic E-state index is 5.86. The lowest BCUT2D eigenvalue weighted by Crippen LogP contribution is -2.46. The molecule has 6 nitrogen and oxygen atoms in total. The lowest BCUT2D eigenvalue weighted by molar-refractivity contribution is 0.200. The van der Waals surface area contributed by atoms with Gasteiger partial charge in [-0.05, 0) is 24.8 Å². The monoisotopic (exact) mass is 253 g/mol. The van der Waals surface area contributed by atoms with Gasteiger partial charge in [-0.3, -0.25) is 5.10 Å². The molecule has 1 atom stereocenters. The van der Waals surface area contributed by atoms with Crippen molar-refractivity contribution >= 4 is 5.95 Å². The molecule has 18 heavy (non-hydrogen) atoms. The Morgan fingerprint density at radius 1 is 1.56 bits per heavy atom. The smallest absolute Gasteiger partial charge is 0.244 e. The van der Waals surface area contributed by atoms with Crippen molar-refractivity contribution < 1.29 is 4.74 Å². The highest BCUT2D eigenvalue weighted by atomic mass is 16.5. The van der Waals surface area contributed by atoms with Crippen molar-refractivity contribution in [3.05, 3.63) is 5.82 Å². The van der Waals surface area contributed by atoms with Crippen LogP contribution in [-0.2, 0) is 11.2 Å². The third kappa shape index (κ3) is 3.00. The summed E-state index contributed by atoms with van der Waals surface area (Å²) in [5.74, 6) is 1.67. The number of hydrogen-bond acceptors (Lipinski definition) is 5. The van der Waals surface area contributed by atoms with E-state index in [0.29, 0.717) is 13.2 Å². The summed E-state index contributed by atoms with van der Waals surface area (Å²) in [7, 11) is 1.69. The number of methoxy groups -OCH3 is 1. The number of nitrogens with zero attached hydrogens (tertiary/aromatic N) is 3. The number of hydrogen-bond donors (Lipinski definition) is 2. The second kappa shape index (κ2) is 5.67. The molecule has 102 valence electrons.